The molecule has 0 saturated carbocycles. The molecule has 0 bridgehead atoms. The van der Waals surface area contributed by atoms with E-state index in [-0.39, 0.29) is 26.1 Å². The molecule has 0 fully saturated rings. The number of carbonyl (C=O) groups is 2. The van der Waals surface area contributed by atoms with E-state index in [2.05, 4.69) is 0 Å². The molecule has 4 N–H and O–H groups in total. The first kappa shape index (κ1) is 27.0. The van der Waals surface area contributed by atoms with Gasteiger partial charge in [0.15, 0.2) is 0 Å². The lowest BCUT2D eigenvalue weighted by molar-refractivity contribution is -0.137. The molecule has 6 nitrogen and oxygen atoms in total. The number of thiophene rings is 3. The third kappa shape index (κ3) is 6.03. The molecule has 0 aliphatic heterocycles. The average Bonchev–Trinajstić information content (AvgIpc) is 3.67. The van der Waals surface area contributed by atoms with Gasteiger partial charge in [-0.2, -0.15) is 0 Å². The average molecular weight is 577 g/mol. The standard InChI is InChI=1S/C30H24O6S3/c31-15-17-1-5-19(6-2-17)29-21(13-27(33)34)11-25(38-29)23-9-10-24(37-23)26-12-22(14-28(35)36)30(39-26)20-7-3-18(16-32)4-8-20/h1-12,31-32H,13-16H2,(H,33,34)(H,35,36). The summed E-state index contributed by atoms with van der Waals surface area (Å²) in [4.78, 5) is 28.9. The number of hydrogen-bond donors (Lipinski definition) is 4. The Kier molecular flexibility index (Phi) is 8.06. The van der Waals surface area contributed by atoms with Crippen molar-refractivity contribution in [1.82, 2.24) is 0 Å². The van der Waals surface area contributed by atoms with Crippen molar-refractivity contribution in [1.29, 1.82) is 0 Å². The fraction of sp³-hybridized carbons (Fsp3) is 0.133. The van der Waals surface area contributed by atoms with Crippen LogP contribution in [0.4, 0.5) is 0 Å². The number of aliphatic hydroxyl groups excluding tert-OH is 2. The minimum Gasteiger partial charge on any atom is -0.481 e. The van der Waals surface area contributed by atoms with E-state index in [1.165, 1.54) is 22.7 Å². The van der Waals surface area contributed by atoms with E-state index in [1.54, 1.807) is 11.3 Å². The smallest absolute Gasteiger partial charge is 0.307 e. The van der Waals surface area contributed by atoms with Crippen molar-refractivity contribution in [3.05, 3.63) is 95.1 Å². The maximum absolute atomic E-state index is 11.6. The van der Waals surface area contributed by atoms with Crippen LogP contribution in [0.25, 0.3) is 40.4 Å². The Morgan fingerprint density at radius 1 is 0.538 bits per heavy atom. The monoisotopic (exact) mass is 576 g/mol. The van der Waals surface area contributed by atoms with Crippen molar-refractivity contribution in [3.8, 4) is 40.4 Å². The third-order valence-electron chi connectivity index (χ3n) is 6.19. The maximum Gasteiger partial charge on any atom is 0.307 e. The van der Waals surface area contributed by atoms with Crippen LogP contribution in [-0.4, -0.2) is 32.4 Å². The summed E-state index contributed by atoms with van der Waals surface area (Å²) in [6, 6.07) is 22.8. The summed E-state index contributed by atoms with van der Waals surface area (Å²) < 4.78 is 0. The first-order valence-electron chi connectivity index (χ1n) is 12.0. The highest BCUT2D eigenvalue weighted by atomic mass is 32.1. The molecular formula is C30H24O6S3. The summed E-state index contributed by atoms with van der Waals surface area (Å²) in [5.41, 5.74) is 4.88. The van der Waals surface area contributed by atoms with Gasteiger partial charge in [0.25, 0.3) is 0 Å². The molecule has 9 heteroatoms. The maximum atomic E-state index is 11.6. The Morgan fingerprint density at radius 2 is 0.923 bits per heavy atom. The van der Waals surface area contributed by atoms with Crippen LogP contribution in [0.5, 0.6) is 0 Å². The van der Waals surface area contributed by atoms with Crippen molar-refractivity contribution in [3.63, 3.8) is 0 Å². The molecule has 0 unspecified atom stereocenters. The van der Waals surface area contributed by atoms with E-state index in [1.807, 2.05) is 72.8 Å². The van der Waals surface area contributed by atoms with Crippen molar-refractivity contribution in [2.24, 2.45) is 0 Å². The highest BCUT2D eigenvalue weighted by molar-refractivity contribution is 7.28. The Balaban J connectivity index is 1.50. The van der Waals surface area contributed by atoms with Crippen LogP contribution in [0.2, 0.25) is 0 Å². The molecule has 0 spiro atoms. The summed E-state index contributed by atoms with van der Waals surface area (Å²) >= 11 is 4.66. The molecular weight excluding hydrogens is 553 g/mol. The van der Waals surface area contributed by atoms with Gasteiger partial charge in [-0.15, -0.1) is 34.0 Å². The Labute approximate surface area is 236 Å². The first-order valence-corrected chi connectivity index (χ1v) is 14.5. The molecule has 0 saturated heterocycles. The normalized spacial score (nSPS) is 11.1. The van der Waals surface area contributed by atoms with Gasteiger partial charge >= 0.3 is 11.9 Å². The molecule has 0 aliphatic carbocycles. The summed E-state index contributed by atoms with van der Waals surface area (Å²) in [7, 11) is 0. The van der Waals surface area contributed by atoms with Gasteiger partial charge in [-0.3, -0.25) is 9.59 Å². The highest BCUT2D eigenvalue weighted by Crippen LogP contribution is 2.46. The van der Waals surface area contributed by atoms with Gasteiger partial charge in [-0.1, -0.05) is 48.5 Å². The van der Waals surface area contributed by atoms with E-state index >= 15 is 0 Å². The van der Waals surface area contributed by atoms with E-state index < -0.39 is 11.9 Å². The van der Waals surface area contributed by atoms with Crippen molar-refractivity contribution in [2.45, 2.75) is 26.1 Å². The predicted octanol–water partition coefficient (Wildman–Crippen LogP) is 6.78. The van der Waals surface area contributed by atoms with Gasteiger partial charge in [0, 0.05) is 29.3 Å². The van der Waals surface area contributed by atoms with Crippen LogP contribution in [-0.2, 0) is 35.6 Å². The zero-order chi connectivity index (χ0) is 27.5. The van der Waals surface area contributed by atoms with Crippen molar-refractivity contribution in [2.75, 3.05) is 0 Å². The number of benzene rings is 2. The van der Waals surface area contributed by atoms with Crippen molar-refractivity contribution < 1.29 is 30.0 Å². The molecule has 3 heterocycles. The number of carboxylic acids is 2. The van der Waals surface area contributed by atoms with Gasteiger partial charge in [0.2, 0.25) is 0 Å². The minimum absolute atomic E-state index is 0.0531. The van der Waals surface area contributed by atoms with Crippen molar-refractivity contribution >= 4 is 45.9 Å². The first-order chi connectivity index (χ1) is 18.8. The molecule has 198 valence electrons. The zero-order valence-corrected chi connectivity index (χ0v) is 23.0. The molecule has 0 amide bonds. The molecule has 0 radical (unpaired) electrons. The van der Waals surface area contributed by atoms with Gasteiger partial charge in [0.05, 0.1) is 26.1 Å². The Bertz CT molecular complexity index is 1500. The number of hydrogen-bond acceptors (Lipinski definition) is 7. The summed E-state index contributed by atoms with van der Waals surface area (Å²) in [5, 5.41) is 37.7. The van der Waals surface area contributed by atoms with Gasteiger partial charge < -0.3 is 20.4 Å². The summed E-state index contributed by atoms with van der Waals surface area (Å²) in [6.45, 7) is -0.106. The largest absolute Gasteiger partial charge is 0.481 e. The van der Waals surface area contributed by atoms with Gasteiger partial charge in [-0.25, -0.2) is 0 Å². The number of rotatable bonds is 10. The number of carboxylic acid groups (broad SMARTS) is 2. The minimum atomic E-state index is -0.899. The summed E-state index contributed by atoms with van der Waals surface area (Å²) in [5.74, 6) is -1.80. The molecule has 3 aromatic heterocycles. The molecule has 39 heavy (non-hydrogen) atoms. The SMILES string of the molecule is O=C(O)Cc1cc(-c2ccc(-c3cc(CC(=O)O)c(-c4ccc(CO)cc4)s3)s2)sc1-c1ccc(CO)cc1. The van der Waals surface area contributed by atoms with Crippen LogP contribution in [0, 0.1) is 0 Å². The molecule has 0 aliphatic rings. The lowest BCUT2D eigenvalue weighted by Crippen LogP contribution is -1.99. The van der Waals surface area contributed by atoms with E-state index in [4.69, 9.17) is 0 Å². The number of aliphatic carboxylic acids is 2. The van der Waals surface area contributed by atoms with Crippen LogP contribution in [0.3, 0.4) is 0 Å². The molecule has 5 rings (SSSR count). The topological polar surface area (TPSA) is 115 Å². The fourth-order valence-corrected chi connectivity index (χ4v) is 7.84. The van der Waals surface area contributed by atoms with E-state index in [0.717, 1.165) is 62.6 Å². The van der Waals surface area contributed by atoms with Gasteiger partial charge in [0.1, 0.15) is 0 Å². The van der Waals surface area contributed by atoms with E-state index in [0.29, 0.717) is 0 Å². The Hall–Kier alpha value is -3.60. The van der Waals surface area contributed by atoms with Crippen LogP contribution >= 0.6 is 34.0 Å². The second kappa shape index (κ2) is 11.6. The van der Waals surface area contributed by atoms with Gasteiger partial charge in [-0.05, 0) is 57.6 Å². The molecule has 0 atom stereocenters. The van der Waals surface area contributed by atoms with E-state index in [9.17, 15) is 30.0 Å². The van der Waals surface area contributed by atoms with Crippen LogP contribution < -0.4 is 0 Å². The predicted molar refractivity (Wildman–Crippen MR) is 156 cm³/mol. The second-order valence-corrected chi connectivity index (χ2v) is 12.1. The number of aliphatic hydroxyl groups is 2. The third-order valence-corrected chi connectivity index (χ3v) is 10.1. The van der Waals surface area contributed by atoms with Crippen LogP contribution in [0.15, 0.2) is 72.8 Å². The zero-order valence-electron chi connectivity index (χ0n) is 20.6. The molecule has 5 aromatic rings. The summed E-state index contributed by atoms with van der Waals surface area (Å²) in [6.07, 6.45) is -0.179. The fourth-order valence-electron chi connectivity index (χ4n) is 4.30. The molecule has 2 aromatic carbocycles. The highest BCUT2D eigenvalue weighted by Gasteiger charge is 2.19. The lowest BCUT2D eigenvalue weighted by Gasteiger charge is -2.03. The quantitative estimate of drug-likeness (QED) is 0.146. The second-order valence-electron chi connectivity index (χ2n) is 8.95. The van der Waals surface area contributed by atoms with Crippen LogP contribution in [0.1, 0.15) is 22.3 Å². The lowest BCUT2D eigenvalue weighted by atomic mass is 10.1. The Morgan fingerprint density at radius 3 is 1.26 bits per heavy atom.